The summed E-state index contributed by atoms with van der Waals surface area (Å²) in [5.74, 6) is 1.18. The number of benzene rings is 1. The maximum atomic E-state index is 5.30. The molecule has 0 radical (unpaired) electrons. The quantitative estimate of drug-likeness (QED) is 0.493. The van der Waals surface area contributed by atoms with E-state index in [2.05, 4.69) is 41.2 Å². The summed E-state index contributed by atoms with van der Waals surface area (Å²) in [5.41, 5.74) is 2.74. The molecule has 5 heteroatoms. The molecule has 0 atom stereocenters. The lowest BCUT2D eigenvalue weighted by Gasteiger charge is -2.23. The molecule has 1 aliphatic heterocycles. The van der Waals surface area contributed by atoms with E-state index in [0.29, 0.717) is 0 Å². The molecule has 1 aromatic rings. The number of thioether (sulfide) groups is 1. The minimum Gasteiger partial charge on any atom is -0.363 e. The Morgan fingerprint density at radius 1 is 1.09 bits per heavy atom. The van der Waals surface area contributed by atoms with Crippen LogP contribution < -0.4 is 15.5 Å². The summed E-state index contributed by atoms with van der Waals surface area (Å²) in [5, 5.41) is 7.30. The number of quaternary nitrogens is 1. The zero-order valence-corrected chi connectivity index (χ0v) is 15.8. The number of nitrogens with one attached hydrogen (secondary N) is 3. The third-order valence-corrected chi connectivity index (χ3v) is 5.29. The first-order valence-corrected chi connectivity index (χ1v) is 10.5. The van der Waals surface area contributed by atoms with Gasteiger partial charge in [0, 0.05) is 18.7 Å². The molecule has 3 N–H and O–H groups in total. The Kier molecular flexibility index (Phi) is 8.79. The summed E-state index contributed by atoms with van der Waals surface area (Å²) in [4.78, 5) is 1.73. The lowest BCUT2D eigenvalue weighted by Crippen LogP contribution is -3.11. The second kappa shape index (κ2) is 10.9. The highest BCUT2D eigenvalue weighted by molar-refractivity contribution is 7.98. The van der Waals surface area contributed by atoms with Crippen LogP contribution >= 0.6 is 24.0 Å². The van der Waals surface area contributed by atoms with E-state index in [-0.39, 0.29) is 0 Å². The normalized spacial score (nSPS) is 15.3. The standard InChI is InChI=1S/C18H29N3S2/c1-23-13-5-10-19-18(22)20-14-16-6-8-17(9-7-16)15-21-11-3-2-4-12-21/h6-9H,2-5,10-15H2,1H3,(H2,19,20,22)/p+1. The molecular weight excluding hydrogens is 322 g/mol. The molecule has 0 unspecified atom stereocenters. The van der Waals surface area contributed by atoms with E-state index >= 15 is 0 Å². The molecule has 0 aliphatic carbocycles. The van der Waals surface area contributed by atoms with Crippen molar-refractivity contribution in [3.8, 4) is 0 Å². The molecule has 1 saturated heterocycles. The first-order valence-electron chi connectivity index (χ1n) is 8.70. The molecular formula is C18H30N3S2+. The smallest absolute Gasteiger partial charge is 0.166 e. The van der Waals surface area contributed by atoms with Crippen molar-refractivity contribution in [1.29, 1.82) is 0 Å². The highest BCUT2D eigenvalue weighted by Crippen LogP contribution is 2.04. The van der Waals surface area contributed by atoms with Crippen LogP contribution in [-0.4, -0.2) is 36.8 Å². The van der Waals surface area contributed by atoms with Gasteiger partial charge < -0.3 is 15.5 Å². The molecule has 1 fully saturated rings. The van der Waals surface area contributed by atoms with Crippen LogP contribution in [0.4, 0.5) is 0 Å². The number of piperidine rings is 1. The van der Waals surface area contributed by atoms with E-state index in [9.17, 15) is 0 Å². The third-order valence-electron chi connectivity index (χ3n) is 4.30. The monoisotopic (exact) mass is 352 g/mol. The third kappa shape index (κ3) is 7.55. The SMILES string of the molecule is CSCCCNC(=S)NCc1ccc(C[NH+]2CCCCC2)cc1. The van der Waals surface area contributed by atoms with Crippen molar-refractivity contribution in [3.63, 3.8) is 0 Å². The fraction of sp³-hybridized carbons (Fsp3) is 0.611. The minimum absolute atomic E-state index is 0.757. The molecule has 1 heterocycles. The summed E-state index contributed by atoms with van der Waals surface area (Å²) in [7, 11) is 0. The molecule has 0 saturated carbocycles. The summed E-state index contributed by atoms with van der Waals surface area (Å²) in [6.07, 6.45) is 7.47. The van der Waals surface area contributed by atoms with Gasteiger partial charge in [-0.3, -0.25) is 0 Å². The van der Waals surface area contributed by atoms with Crippen molar-refractivity contribution in [1.82, 2.24) is 10.6 Å². The van der Waals surface area contributed by atoms with Gasteiger partial charge in [0.2, 0.25) is 0 Å². The van der Waals surface area contributed by atoms with E-state index in [1.54, 1.807) is 4.90 Å². The van der Waals surface area contributed by atoms with Crippen LogP contribution in [0.5, 0.6) is 0 Å². The van der Waals surface area contributed by atoms with Crippen LogP contribution in [0.2, 0.25) is 0 Å². The van der Waals surface area contributed by atoms with Crippen molar-refractivity contribution in [2.75, 3.05) is 31.6 Å². The molecule has 0 amide bonds. The molecule has 1 aromatic carbocycles. The van der Waals surface area contributed by atoms with Gasteiger partial charge in [-0.15, -0.1) is 0 Å². The Hall–Kier alpha value is -0.780. The fourth-order valence-electron chi connectivity index (χ4n) is 2.96. The lowest BCUT2D eigenvalue weighted by molar-refractivity contribution is -0.918. The van der Waals surface area contributed by atoms with Crippen molar-refractivity contribution < 1.29 is 4.90 Å². The molecule has 23 heavy (non-hydrogen) atoms. The Morgan fingerprint density at radius 2 is 1.78 bits per heavy atom. The van der Waals surface area contributed by atoms with Gasteiger partial charge in [-0.05, 0) is 55.5 Å². The number of likely N-dealkylation sites (tertiary alicyclic amines) is 1. The van der Waals surface area contributed by atoms with E-state index < -0.39 is 0 Å². The first kappa shape index (κ1) is 18.6. The maximum absolute atomic E-state index is 5.30. The molecule has 0 aromatic heterocycles. The zero-order valence-electron chi connectivity index (χ0n) is 14.2. The van der Waals surface area contributed by atoms with Gasteiger partial charge in [0.05, 0.1) is 13.1 Å². The molecule has 0 spiro atoms. The summed E-state index contributed by atoms with van der Waals surface area (Å²) in [6, 6.07) is 8.99. The van der Waals surface area contributed by atoms with Gasteiger partial charge in [0.1, 0.15) is 6.54 Å². The average Bonchev–Trinajstić information content (AvgIpc) is 2.59. The Labute approximate surface area is 150 Å². The Bertz CT molecular complexity index is 456. The topological polar surface area (TPSA) is 28.5 Å². The maximum Gasteiger partial charge on any atom is 0.166 e. The van der Waals surface area contributed by atoms with Crippen LogP contribution in [0.15, 0.2) is 24.3 Å². The van der Waals surface area contributed by atoms with Crippen molar-refractivity contribution >= 4 is 29.1 Å². The Morgan fingerprint density at radius 3 is 2.48 bits per heavy atom. The number of rotatable bonds is 8. The lowest BCUT2D eigenvalue weighted by atomic mass is 10.1. The van der Waals surface area contributed by atoms with Gasteiger partial charge in [-0.25, -0.2) is 0 Å². The molecule has 0 bridgehead atoms. The molecule has 3 nitrogen and oxygen atoms in total. The highest BCUT2D eigenvalue weighted by atomic mass is 32.2. The number of thiocarbonyl (C=S) groups is 1. The van der Waals surface area contributed by atoms with Crippen LogP contribution in [0.25, 0.3) is 0 Å². The summed E-state index contributed by atoms with van der Waals surface area (Å²) in [6.45, 7) is 5.58. The second-order valence-corrected chi connectivity index (χ2v) is 7.65. The highest BCUT2D eigenvalue weighted by Gasteiger charge is 2.13. The van der Waals surface area contributed by atoms with E-state index in [1.165, 1.54) is 55.8 Å². The van der Waals surface area contributed by atoms with Crippen LogP contribution in [-0.2, 0) is 13.1 Å². The van der Waals surface area contributed by atoms with Crippen LogP contribution in [0.3, 0.4) is 0 Å². The van der Waals surface area contributed by atoms with Crippen molar-refractivity contribution in [2.24, 2.45) is 0 Å². The zero-order chi connectivity index (χ0) is 16.3. The number of hydrogen-bond acceptors (Lipinski definition) is 2. The molecule has 128 valence electrons. The largest absolute Gasteiger partial charge is 0.363 e. The minimum atomic E-state index is 0.757. The van der Waals surface area contributed by atoms with Crippen LogP contribution in [0, 0.1) is 0 Å². The summed E-state index contributed by atoms with van der Waals surface area (Å²) >= 11 is 7.18. The van der Waals surface area contributed by atoms with E-state index in [1.807, 2.05) is 11.8 Å². The second-order valence-electron chi connectivity index (χ2n) is 6.26. The summed E-state index contributed by atoms with van der Waals surface area (Å²) < 4.78 is 0. The predicted molar refractivity (Wildman–Crippen MR) is 105 cm³/mol. The van der Waals surface area contributed by atoms with Gasteiger partial charge in [-0.2, -0.15) is 11.8 Å². The van der Waals surface area contributed by atoms with E-state index in [0.717, 1.165) is 24.6 Å². The van der Waals surface area contributed by atoms with Gasteiger partial charge in [-0.1, -0.05) is 24.3 Å². The van der Waals surface area contributed by atoms with Crippen LogP contribution in [0.1, 0.15) is 36.8 Å². The molecule has 2 rings (SSSR count). The van der Waals surface area contributed by atoms with Crippen molar-refractivity contribution in [2.45, 2.75) is 38.8 Å². The Balaban J connectivity index is 1.67. The van der Waals surface area contributed by atoms with Gasteiger partial charge >= 0.3 is 0 Å². The fourth-order valence-corrected chi connectivity index (χ4v) is 3.56. The van der Waals surface area contributed by atoms with Gasteiger partial charge in [0.25, 0.3) is 0 Å². The van der Waals surface area contributed by atoms with E-state index in [4.69, 9.17) is 12.2 Å². The first-order chi connectivity index (χ1) is 11.3. The predicted octanol–water partition coefficient (Wildman–Crippen LogP) is 1.97. The molecule has 1 aliphatic rings. The number of hydrogen-bond donors (Lipinski definition) is 3. The van der Waals surface area contributed by atoms with Crippen molar-refractivity contribution in [3.05, 3.63) is 35.4 Å². The van der Waals surface area contributed by atoms with Gasteiger partial charge in [0.15, 0.2) is 5.11 Å². The average molecular weight is 353 g/mol.